The van der Waals surface area contributed by atoms with Gasteiger partial charge in [-0.1, -0.05) is 52.3 Å². The molecule has 0 aliphatic rings. The van der Waals surface area contributed by atoms with Crippen molar-refractivity contribution in [2.75, 3.05) is 5.43 Å². The van der Waals surface area contributed by atoms with E-state index < -0.39 is 0 Å². The van der Waals surface area contributed by atoms with Crippen LogP contribution in [0.1, 0.15) is 5.69 Å². The summed E-state index contributed by atoms with van der Waals surface area (Å²) in [6, 6.07) is 26.1. The van der Waals surface area contributed by atoms with Crippen LogP contribution in [-0.2, 0) is 0 Å². The van der Waals surface area contributed by atoms with Crippen LogP contribution < -0.4 is 11.0 Å². The number of para-hydroxylation sites is 1. The Kier molecular flexibility index (Phi) is 5.95. The molecule has 0 aliphatic heterocycles. The van der Waals surface area contributed by atoms with Gasteiger partial charge in [0.15, 0.2) is 5.69 Å². The van der Waals surface area contributed by atoms with Gasteiger partial charge in [-0.3, -0.25) is 15.3 Å². The average molecular weight is 461 g/mol. The van der Waals surface area contributed by atoms with E-state index in [-0.39, 0.29) is 11.2 Å². The molecule has 0 saturated carbocycles. The van der Waals surface area contributed by atoms with Crippen LogP contribution in [0.5, 0.6) is 0 Å². The standard InChI is InChI=1S/C22H17BrN6O/c23-16-11-13-18(14-12-16)25-24-15-20-21(27-26-17-7-3-1-4-8-17)22(30)29(28-20)19-9-5-2-6-10-19/h1-15,25,28H/b24-15+,27-26?. The van der Waals surface area contributed by atoms with Gasteiger partial charge in [-0.05, 0) is 48.5 Å². The highest BCUT2D eigenvalue weighted by atomic mass is 79.9. The van der Waals surface area contributed by atoms with Gasteiger partial charge < -0.3 is 0 Å². The third-order valence-corrected chi connectivity index (χ3v) is 4.69. The minimum atomic E-state index is -0.314. The highest BCUT2D eigenvalue weighted by Gasteiger charge is 2.14. The molecule has 3 aromatic carbocycles. The zero-order valence-electron chi connectivity index (χ0n) is 15.7. The van der Waals surface area contributed by atoms with Crippen molar-refractivity contribution in [1.82, 2.24) is 9.78 Å². The largest absolute Gasteiger partial charge is 0.299 e. The first-order valence-corrected chi connectivity index (χ1v) is 9.92. The summed E-state index contributed by atoms with van der Waals surface area (Å²) in [6.45, 7) is 0. The lowest BCUT2D eigenvalue weighted by Crippen LogP contribution is -2.13. The van der Waals surface area contributed by atoms with Gasteiger partial charge in [0.05, 0.1) is 23.3 Å². The van der Waals surface area contributed by atoms with E-state index >= 15 is 0 Å². The monoisotopic (exact) mass is 460 g/mol. The number of hydrogen-bond donors (Lipinski definition) is 2. The summed E-state index contributed by atoms with van der Waals surface area (Å²) in [7, 11) is 0. The Balaban J connectivity index is 1.68. The third kappa shape index (κ3) is 4.61. The van der Waals surface area contributed by atoms with Crippen LogP contribution >= 0.6 is 15.9 Å². The first-order chi connectivity index (χ1) is 14.7. The van der Waals surface area contributed by atoms with Crippen molar-refractivity contribution >= 4 is 39.2 Å². The zero-order valence-corrected chi connectivity index (χ0v) is 17.3. The van der Waals surface area contributed by atoms with Gasteiger partial charge in [-0.2, -0.15) is 10.2 Å². The molecule has 148 valence electrons. The normalized spacial score (nSPS) is 11.4. The van der Waals surface area contributed by atoms with Gasteiger partial charge in [0, 0.05) is 4.47 Å². The van der Waals surface area contributed by atoms with Gasteiger partial charge in [0.25, 0.3) is 5.56 Å². The quantitative estimate of drug-likeness (QED) is 0.216. The molecule has 4 rings (SSSR count). The van der Waals surface area contributed by atoms with Crippen molar-refractivity contribution in [2.45, 2.75) is 0 Å². The predicted molar refractivity (Wildman–Crippen MR) is 122 cm³/mol. The van der Waals surface area contributed by atoms with Crippen molar-refractivity contribution < 1.29 is 0 Å². The molecular formula is C22H17BrN6O. The molecule has 0 aliphatic carbocycles. The molecule has 0 spiro atoms. The smallest absolute Gasteiger partial charge is 0.287 e. The van der Waals surface area contributed by atoms with Crippen molar-refractivity contribution in [2.24, 2.45) is 15.3 Å². The van der Waals surface area contributed by atoms with Gasteiger partial charge in [0.1, 0.15) is 5.69 Å². The number of hydrogen-bond acceptors (Lipinski definition) is 5. The average Bonchev–Trinajstić information content (AvgIpc) is 3.10. The predicted octanol–water partition coefficient (Wildman–Crippen LogP) is 5.79. The summed E-state index contributed by atoms with van der Waals surface area (Å²) in [5.74, 6) is 0. The molecule has 30 heavy (non-hydrogen) atoms. The molecule has 0 bridgehead atoms. The SMILES string of the molecule is O=c1c(N=Nc2ccccc2)c(/C=N/Nc2ccc(Br)cc2)[nH]n1-c1ccccc1. The summed E-state index contributed by atoms with van der Waals surface area (Å²) in [5, 5.41) is 15.7. The number of aromatic nitrogens is 2. The Bertz CT molecular complexity index is 1230. The lowest BCUT2D eigenvalue weighted by Gasteiger charge is -2.00. The molecule has 1 aromatic heterocycles. The molecule has 7 nitrogen and oxygen atoms in total. The summed E-state index contributed by atoms with van der Waals surface area (Å²) < 4.78 is 2.39. The second-order valence-corrected chi connectivity index (χ2v) is 7.18. The van der Waals surface area contributed by atoms with E-state index in [1.807, 2.05) is 84.9 Å². The number of hydrazone groups is 1. The van der Waals surface area contributed by atoms with Crippen molar-refractivity contribution in [3.63, 3.8) is 0 Å². The maximum absolute atomic E-state index is 13.0. The van der Waals surface area contributed by atoms with Gasteiger partial charge in [-0.15, -0.1) is 5.11 Å². The first kappa shape index (κ1) is 19.5. The van der Waals surface area contributed by atoms with E-state index in [0.29, 0.717) is 17.1 Å². The molecule has 0 amide bonds. The zero-order chi connectivity index (χ0) is 20.8. The van der Waals surface area contributed by atoms with Crippen molar-refractivity contribution in [1.29, 1.82) is 0 Å². The molecule has 0 radical (unpaired) electrons. The Labute approximate surface area is 180 Å². The Morgan fingerprint density at radius 3 is 2.23 bits per heavy atom. The Hall–Kier alpha value is -3.78. The molecule has 4 aromatic rings. The van der Waals surface area contributed by atoms with Crippen LogP contribution in [-0.4, -0.2) is 16.0 Å². The number of H-pyrrole nitrogens is 1. The maximum atomic E-state index is 13.0. The highest BCUT2D eigenvalue weighted by molar-refractivity contribution is 9.10. The number of rotatable bonds is 6. The van der Waals surface area contributed by atoms with Crippen LogP contribution in [0.15, 0.2) is 110 Å². The molecule has 8 heteroatoms. The van der Waals surface area contributed by atoms with Gasteiger partial charge in [-0.25, -0.2) is 4.68 Å². The number of nitrogens with zero attached hydrogens (tertiary/aromatic N) is 4. The van der Waals surface area contributed by atoms with E-state index in [1.54, 1.807) is 0 Å². The molecular weight excluding hydrogens is 444 g/mol. The molecule has 1 heterocycles. The van der Waals surface area contributed by atoms with Crippen LogP contribution in [0, 0.1) is 0 Å². The lowest BCUT2D eigenvalue weighted by molar-refractivity contribution is 0.846. The van der Waals surface area contributed by atoms with Crippen molar-refractivity contribution in [3.05, 3.63) is 105 Å². The van der Waals surface area contributed by atoms with Gasteiger partial charge >= 0.3 is 0 Å². The Morgan fingerprint density at radius 2 is 1.53 bits per heavy atom. The van der Waals surface area contributed by atoms with Gasteiger partial charge in [0.2, 0.25) is 0 Å². The summed E-state index contributed by atoms with van der Waals surface area (Å²) >= 11 is 3.40. The fourth-order valence-electron chi connectivity index (χ4n) is 2.69. The highest BCUT2D eigenvalue weighted by Crippen LogP contribution is 2.19. The molecule has 0 fully saturated rings. The molecule has 0 saturated heterocycles. The minimum absolute atomic E-state index is 0.170. The van der Waals surface area contributed by atoms with Crippen molar-refractivity contribution in [3.8, 4) is 5.69 Å². The van der Waals surface area contributed by atoms with Crippen LogP contribution in [0.3, 0.4) is 0 Å². The van der Waals surface area contributed by atoms with Crippen LogP contribution in [0.25, 0.3) is 5.69 Å². The number of halogens is 1. The number of azo groups is 1. The number of aromatic amines is 1. The topological polar surface area (TPSA) is 86.9 Å². The maximum Gasteiger partial charge on any atom is 0.299 e. The molecule has 0 atom stereocenters. The lowest BCUT2D eigenvalue weighted by atomic mass is 10.3. The van der Waals surface area contributed by atoms with E-state index in [1.165, 1.54) is 10.9 Å². The fraction of sp³-hybridized carbons (Fsp3) is 0. The van der Waals surface area contributed by atoms with Crippen LogP contribution in [0.2, 0.25) is 0 Å². The number of anilines is 1. The van der Waals surface area contributed by atoms with E-state index in [4.69, 9.17) is 0 Å². The van der Waals surface area contributed by atoms with E-state index in [9.17, 15) is 4.79 Å². The Morgan fingerprint density at radius 1 is 0.867 bits per heavy atom. The summed E-state index contributed by atoms with van der Waals surface area (Å²) in [5.41, 5.74) is 5.39. The molecule has 2 N–H and O–H groups in total. The first-order valence-electron chi connectivity index (χ1n) is 9.12. The van der Waals surface area contributed by atoms with Crippen LogP contribution in [0.4, 0.5) is 17.1 Å². The second-order valence-electron chi connectivity index (χ2n) is 6.26. The minimum Gasteiger partial charge on any atom is -0.287 e. The summed E-state index contributed by atoms with van der Waals surface area (Å²) in [6.07, 6.45) is 1.52. The second kappa shape index (κ2) is 9.15. The number of nitrogens with one attached hydrogen (secondary N) is 2. The fourth-order valence-corrected chi connectivity index (χ4v) is 2.95. The van der Waals surface area contributed by atoms with E-state index in [2.05, 4.69) is 41.8 Å². The van der Waals surface area contributed by atoms with E-state index in [0.717, 1.165) is 10.2 Å². The molecule has 0 unspecified atom stereocenters. The number of benzene rings is 3. The third-order valence-electron chi connectivity index (χ3n) is 4.16. The summed E-state index contributed by atoms with van der Waals surface area (Å²) in [4.78, 5) is 13.0.